The first-order valence-corrected chi connectivity index (χ1v) is 10.4. The van der Waals surface area contributed by atoms with Gasteiger partial charge in [-0.25, -0.2) is 8.42 Å². The van der Waals surface area contributed by atoms with Crippen molar-refractivity contribution in [3.05, 3.63) is 54.6 Å². The maximum atomic E-state index is 13.0. The summed E-state index contributed by atoms with van der Waals surface area (Å²) in [6.07, 6.45) is 1.07. The zero-order valence-corrected chi connectivity index (χ0v) is 16.0. The molecule has 4 rings (SSSR count). The molecule has 1 spiro atoms. The van der Waals surface area contributed by atoms with Crippen LogP contribution in [0.3, 0.4) is 0 Å². The van der Waals surface area contributed by atoms with E-state index in [0.29, 0.717) is 38.2 Å². The highest BCUT2D eigenvalue weighted by Crippen LogP contribution is 2.43. The average molecular weight is 386 g/mol. The van der Waals surface area contributed by atoms with Crippen LogP contribution in [0.5, 0.6) is 5.75 Å². The number of anilines is 1. The summed E-state index contributed by atoms with van der Waals surface area (Å²) < 4.78 is 32.7. The van der Waals surface area contributed by atoms with Gasteiger partial charge in [0.05, 0.1) is 12.0 Å². The fourth-order valence-electron chi connectivity index (χ4n) is 4.02. The van der Waals surface area contributed by atoms with Gasteiger partial charge in [-0.3, -0.25) is 4.79 Å². The van der Waals surface area contributed by atoms with E-state index in [2.05, 4.69) is 0 Å². The molecule has 2 aliphatic rings. The van der Waals surface area contributed by atoms with Gasteiger partial charge in [0, 0.05) is 43.2 Å². The lowest BCUT2D eigenvalue weighted by Gasteiger charge is -2.24. The van der Waals surface area contributed by atoms with Crippen molar-refractivity contribution in [2.24, 2.45) is 5.41 Å². The summed E-state index contributed by atoms with van der Waals surface area (Å²) in [5.74, 6) is 0.568. The first-order chi connectivity index (χ1) is 12.9. The third kappa shape index (κ3) is 3.21. The zero-order chi connectivity index (χ0) is 19.1. The van der Waals surface area contributed by atoms with Crippen LogP contribution in [0.4, 0.5) is 5.69 Å². The van der Waals surface area contributed by atoms with Crippen molar-refractivity contribution in [1.29, 1.82) is 0 Å². The van der Waals surface area contributed by atoms with E-state index in [1.54, 1.807) is 23.1 Å². The summed E-state index contributed by atoms with van der Waals surface area (Å²) in [6.45, 7) is 1.34. The largest absolute Gasteiger partial charge is 0.497 e. The van der Waals surface area contributed by atoms with Gasteiger partial charge in [0.15, 0.2) is 0 Å². The second-order valence-corrected chi connectivity index (χ2v) is 9.20. The van der Waals surface area contributed by atoms with Crippen LogP contribution >= 0.6 is 0 Å². The van der Waals surface area contributed by atoms with E-state index in [4.69, 9.17) is 4.74 Å². The molecular weight excluding hydrogens is 364 g/mol. The topological polar surface area (TPSA) is 66.9 Å². The van der Waals surface area contributed by atoms with Crippen molar-refractivity contribution >= 4 is 21.6 Å². The molecule has 2 saturated heterocycles. The molecule has 0 saturated carbocycles. The van der Waals surface area contributed by atoms with Gasteiger partial charge in [-0.05, 0) is 30.7 Å². The van der Waals surface area contributed by atoms with E-state index in [1.807, 2.05) is 30.3 Å². The molecule has 0 aromatic heterocycles. The van der Waals surface area contributed by atoms with Crippen LogP contribution in [-0.4, -0.2) is 45.4 Å². The van der Waals surface area contributed by atoms with Gasteiger partial charge in [-0.15, -0.1) is 0 Å². The number of methoxy groups -OCH3 is 1. The molecule has 2 aromatic rings. The van der Waals surface area contributed by atoms with Crippen LogP contribution in [0.2, 0.25) is 0 Å². The molecule has 2 aromatic carbocycles. The first kappa shape index (κ1) is 18.0. The number of carbonyl (C=O) groups is 1. The van der Waals surface area contributed by atoms with Crippen LogP contribution in [-0.2, 0) is 14.8 Å². The Morgan fingerprint density at radius 2 is 1.81 bits per heavy atom. The van der Waals surface area contributed by atoms with Crippen LogP contribution < -0.4 is 9.64 Å². The van der Waals surface area contributed by atoms with E-state index in [1.165, 1.54) is 17.5 Å². The van der Waals surface area contributed by atoms with E-state index < -0.39 is 10.0 Å². The lowest BCUT2D eigenvalue weighted by atomic mass is 9.86. The lowest BCUT2D eigenvalue weighted by Crippen LogP contribution is -2.34. The molecule has 2 heterocycles. The average Bonchev–Trinajstić information content (AvgIpc) is 3.26. The molecule has 2 aliphatic heterocycles. The molecule has 1 atom stereocenters. The van der Waals surface area contributed by atoms with Gasteiger partial charge < -0.3 is 9.64 Å². The predicted molar refractivity (Wildman–Crippen MR) is 102 cm³/mol. The molecule has 0 radical (unpaired) electrons. The van der Waals surface area contributed by atoms with E-state index in [0.717, 1.165) is 5.69 Å². The van der Waals surface area contributed by atoms with Gasteiger partial charge in [-0.2, -0.15) is 4.31 Å². The minimum absolute atomic E-state index is 0.0572. The van der Waals surface area contributed by atoms with Crippen LogP contribution in [0.25, 0.3) is 0 Å². The van der Waals surface area contributed by atoms with Crippen molar-refractivity contribution in [1.82, 2.24) is 4.31 Å². The van der Waals surface area contributed by atoms with Crippen molar-refractivity contribution in [2.45, 2.75) is 17.7 Å². The van der Waals surface area contributed by atoms with Gasteiger partial charge in [0.2, 0.25) is 15.9 Å². The monoisotopic (exact) mass is 386 g/mol. The Hall–Kier alpha value is -2.38. The van der Waals surface area contributed by atoms with Crippen LogP contribution in [0.1, 0.15) is 12.8 Å². The third-order valence-corrected chi connectivity index (χ3v) is 7.31. The van der Waals surface area contributed by atoms with Crippen molar-refractivity contribution in [3.63, 3.8) is 0 Å². The molecule has 2 fully saturated rings. The van der Waals surface area contributed by atoms with Gasteiger partial charge >= 0.3 is 0 Å². The fraction of sp³-hybridized carbons (Fsp3) is 0.350. The second-order valence-electron chi connectivity index (χ2n) is 7.26. The van der Waals surface area contributed by atoms with Gasteiger partial charge in [0.1, 0.15) is 5.75 Å². The molecule has 27 heavy (non-hydrogen) atoms. The number of rotatable bonds is 4. The summed E-state index contributed by atoms with van der Waals surface area (Å²) >= 11 is 0. The van der Waals surface area contributed by atoms with Crippen LogP contribution in [0, 0.1) is 5.41 Å². The summed E-state index contributed by atoms with van der Waals surface area (Å²) in [4.78, 5) is 14.6. The summed E-state index contributed by atoms with van der Waals surface area (Å²) in [6, 6.07) is 16.1. The smallest absolute Gasteiger partial charge is 0.243 e. The zero-order valence-electron chi connectivity index (χ0n) is 15.2. The number of ether oxygens (including phenoxy) is 1. The standard InChI is InChI=1S/C20H22N2O4S/c1-26-17-8-5-9-18(12-17)27(24,25)21-11-10-20(14-21)13-19(23)22(15-20)16-6-3-2-4-7-16/h2-9,12H,10-11,13-15H2,1H3/t20-/m0/s1. The molecular formula is C20H22N2O4S. The van der Waals surface area contributed by atoms with Gasteiger partial charge in [0.25, 0.3) is 0 Å². The Morgan fingerprint density at radius 1 is 1.04 bits per heavy atom. The summed E-state index contributed by atoms with van der Waals surface area (Å²) in [5.41, 5.74) is 0.548. The van der Waals surface area contributed by atoms with Crippen molar-refractivity contribution in [2.75, 3.05) is 31.6 Å². The molecule has 0 aliphatic carbocycles. The second kappa shape index (κ2) is 6.65. The molecule has 6 nitrogen and oxygen atoms in total. The van der Waals surface area contributed by atoms with E-state index >= 15 is 0 Å². The third-order valence-electron chi connectivity index (χ3n) is 5.47. The molecule has 0 unspecified atom stereocenters. The maximum absolute atomic E-state index is 13.0. The molecule has 1 amide bonds. The predicted octanol–water partition coefficient (Wildman–Crippen LogP) is 2.51. The lowest BCUT2D eigenvalue weighted by molar-refractivity contribution is -0.117. The fourth-order valence-corrected chi connectivity index (χ4v) is 5.61. The van der Waals surface area contributed by atoms with Crippen molar-refractivity contribution < 1.29 is 17.9 Å². The number of nitrogens with zero attached hydrogens (tertiary/aromatic N) is 2. The van der Waals surface area contributed by atoms with Crippen molar-refractivity contribution in [3.8, 4) is 5.75 Å². The Bertz CT molecular complexity index is 961. The van der Waals surface area contributed by atoms with E-state index in [9.17, 15) is 13.2 Å². The quantitative estimate of drug-likeness (QED) is 0.810. The number of benzene rings is 2. The first-order valence-electron chi connectivity index (χ1n) is 8.93. The number of carbonyl (C=O) groups excluding carboxylic acids is 1. The highest BCUT2D eigenvalue weighted by molar-refractivity contribution is 7.89. The normalized spacial score (nSPS) is 23.3. The molecule has 7 heteroatoms. The van der Waals surface area contributed by atoms with Gasteiger partial charge in [-0.1, -0.05) is 24.3 Å². The van der Waals surface area contributed by atoms with Crippen LogP contribution in [0.15, 0.2) is 59.5 Å². The number of hydrogen-bond donors (Lipinski definition) is 0. The number of sulfonamides is 1. The number of para-hydroxylation sites is 1. The van der Waals surface area contributed by atoms with E-state index in [-0.39, 0.29) is 16.2 Å². The number of amides is 1. The molecule has 0 N–H and O–H groups in total. The highest BCUT2D eigenvalue weighted by atomic mass is 32.2. The molecule has 142 valence electrons. The Labute approximate surface area is 159 Å². The SMILES string of the molecule is COc1cccc(S(=O)(=O)N2CC[C@]3(CC(=O)N(c4ccccc4)C3)C2)c1. The highest BCUT2D eigenvalue weighted by Gasteiger charge is 2.50. The Kier molecular flexibility index (Phi) is 4.44. The molecule has 0 bridgehead atoms. The minimum Gasteiger partial charge on any atom is -0.497 e. The minimum atomic E-state index is -3.61. The summed E-state index contributed by atoms with van der Waals surface area (Å²) in [5, 5.41) is 0. The Morgan fingerprint density at radius 3 is 2.56 bits per heavy atom. The number of hydrogen-bond acceptors (Lipinski definition) is 4. The maximum Gasteiger partial charge on any atom is 0.243 e. The Balaban J connectivity index is 1.55. The summed E-state index contributed by atoms with van der Waals surface area (Å²) in [7, 11) is -2.10.